The van der Waals surface area contributed by atoms with Gasteiger partial charge in [-0.1, -0.05) is 12.1 Å². The maximum Gasteiger partial charge on any atom is 0.230 e. The van der Waals surface area contributed by atoms with E-state index in [2.05, 4.69) is 20.3 Å². The van der Waals surface area contributed by atoms with Gasteiger partial charge in [0.2, 0.25) is 11.9 Å². The van der Waals surface area contributed by atoms with E-state index in [1.54, 1.807) is 7.05 Å². The molecule has 0 radical (unpaired) electrons. The van der Waals surface area contributed by atoms with Crippen LogP contribution < -0.4 is 15.0 Å². The van der Waals surface area contributed by atoms with Crippen LogP contribution in [0.25, 0.3) is 11.4 Å². The molecule has 0 unspecified atom stereocenters. The van der Waals surface area contributed by atoms with Crippen LogP contribution in [0.2, 0.25) is 0 Å². The lowest BCUT2D eigenvalue weighted by molar-refractivity contribution is 0.303. The van der Waals surface area contributed by atoms with Crippen molar-refractivity contribution in [3.05, 3.63) is 24.3 Å². The molecule has 1 aromatic heterocycles. The van der Waals surface area contributed by atoms with Crippen molar-refractivity contribution in [1.82, 2.24) is 15.0 Å². The van der Waals surface area contributed by atoms with Crippen LogP contribution in [0.4, 0.5) is 11.9 Å². The Labute approximate surface area is 124 Å². The highest BCUT2D eigenvalue weighted by atomic mass is 16.5. The van der Waals surface area contributed by atoms with Gasteiger partial charge in [0.05, 0.1) is 6.10 Å². The van der Waals surface area contributed by atoms with Crippen LogP contribution in [0.3, 0.4) is 0 Å². The fourth-order valence-electron chi connectivity index (χ4n) is 1.89. The third-order valence-corrected chi connectivity index (χ3v) is 3.17. The molecule has 1 aromatic carbocycles. The van der Waals surface area contributed by atoms with E-state index in [1.165, 1.54) is 0 Å². The summed E-state index contributed by atoms with van der Waals surface area (Å²) in [6.45, 7) is 0. The molecule has 1 aliphatic rings. The van der Waals surface area contributed by atoms with Gasteiger partial charge in [0.15, 0.2) is 5.82 Å². The number of aromatic nitrogens is 3. The third-order valence-electron chi connectivity index (χ3n) is 3.17. The van der Waals surface area contributed by atoms with Crippen LogP contribution in [0.5, 0.6) is 5.75 Å². The van der Waals surface area contributed by atoms with E-state index in [9.17, 15) is 0 Å². The van der Waals surface area contributed by atoms with Crippen LogP contribution in [0.1, 0.15) is 12.8 Å². The number of nitrogens with one attached hydrogen (secondary N) is 1. The van der Waals surface area contributed by atoms with Crippen molar-refractivity contribution < 1.29 is 4.74 Å². The van der Waals surface area contributed by atoms with Gasteiger partial charge in [-0.15, -0.1) is 0 Å². The monoisotopic (exact) mass is 285 g/mol. The molecule has 0 saturated heterocycles. The van der Waals surface area contributed by atoms with Gasteiger partial charge in [0.1, 0.15) is 5.75 Å². The summed E-state index contributed by atoms with van der Waals surface area (Å²) >= 11 is 0. The maximum absolute atomic E-state index is 5.82. The van der Waals surface area contributed by atoms with Gasteiger partial charge >= 0.3 is 0 Å². The first kappa shape index (κ1) is 13.6. The Bertz CT molecular complexity index is 640. The highest BCUT2D eigenvalue weighted by Gasteiger charge is 2.23. The van der Waals surface area contributed by atoms with E-state index in [-0.39, 0.29) is 0 Å². The molecule has 1 N–H and O–H groups in total. The van der Waals surface area contributed by atoms with E-state index >= 15 is 0 Å². The zero-order valence-electron chi connectivity index (χ0n) is 12.5. The highest BCUT2D eigenvalue weighted by Crippen LogP contribution is 2.29. The smallest absolute Gasteiger partial charge is 0.230 e. The van der Waals surface area contributed by atoms with Gasteiger partial charge in [0.25, 0.3) is 0 Å². The molecule has 0 aliphatic heterocycles. The first-order chi connectivity index (χ1) is 10.2. The number of anilines is 2. The van der Waals surface area contributed by atoms with Gasteiger partial charge < -0.3 is 15.0 Å². The molecular weight excluding hydrogens is 266 g/mol. The van der Waals surface area contributed by atoms with Gasteiger partial charge in [-0.05, 0) is 25.0 Å². The minimum absolute atomic E-state index is 0.379. The zero-order chi connectivity index (χ0) is 14.8. The zero-order valence-corrected chi connectivity index (χ0v) is 12.5. The summed E-state index contributed by atoms with van der Waals surface area (Å²) in [5.41, 5.74) is 0.926. The average Bonchev–Trinajstić information content (AvgIpc) is 3.31. The Morgan fingerprint density at radius 3 is 2.67 bits per heavy atom. The Balaban J connectivity index is 1.96. The number of ether oxygens (including phenoxy) is 1. The lowest BCUT2D eigenvalue weighted by Crippen LogP contribution is -2.15. The predicted molar refractivity (Wildman–Crippen MR) is 82.8 cm³/mol. The third kappa shape index (κ3) is 3.21. The molecule has 1 fully saturated rings. The van der Waals surface area contributed by atoms with Gasteiger partial charge in [-0.3, -0.25) is 0 Å². The predicted octanol–water partition coefficient (Wildman–Crippen LogP) is 2.19. The molecule has 1 aliphatic carbocycles. The Morgan fingerprint density at radius 2 is 2.00 bits per heavy atom. The number of benzene rings is 1. The average molecular weight is 285 g/mol. The molecule has 3 rings (SSSR count). The largest absolute Gasteiger partial charge is 0.490 e. The minimum Gasteiger partial charge on any atom is -0.490 e. The molecule has 110 valence electrons. The Kier molecular flexibility index (Phi) is 3.60. The van der Waals surface area contributed by atoms with Crippen molar-refractivity contribution in [2.24, 2.45) is 0 Å². The topological polar surface area (TPSA) is 63.2 Å². The summed E-state index contributed by atoms with van der Waals surface area (Å²) in [4.78, 5) is 15.1. The van der Waals surface area contributed by atoms with Gasteiger partial charge in [-0.25, -0.2) is 0 Å². The molecular formula is C15H19N5O. The Morgan fingerprint density at radius 1 is 1.19 bits per heavy atom. The molecule has 0 spiro atoms. The van der Waals surface area contributed by atoms with E-state index in [1.807, 2.05) is 43.3 Å². The molecule has 1 heterocycles. The molecule has 0 bridgehead atoms. The fraction of sp³-hybridized carbons (Fsp3) is 0.400. The number of rotatable bonds is 5. The van der Waals surface area contributed by atoms with Crippen molar-refractivity contribution in [2.45, 2.75) is 18.9 Å². The van der Waals surface area contributed by atoms with Crippen molar-refractivity contribution >= 4 is 11.9 Å². The SMILES string of the molecule is CNc1nc(-c2cccc(OC3CC3)c2)nc(N(C)C)n1. The lowest BCUT2D eigenvalue weighted by Gasteiger charge is -2.13. The highest BCUT2D eigenvalue weighted by molar-refractivity contribution is 5.60. The van der Waals surface area contributed by atoms with Crippen molar-refractivity contribution in [3.63, 3.8) is 0 Å². The second-order valence-corrected chi connectivity index (χ2v) is 5.27. The molecule has 0 atom stereocenters. The second kappa shape index (κ2) is 5.55. The number of hydrogen-bond acceptors (Lipinski definition) is 6. The van der Waals surface area contributed by atoms with Crippen LogP contribution in [0, 0.1) is 0 Å². The summed E-state index contributed by atoms with van der Waals surface area (Å²) in [6.07, 6.45) is 2.67. The molecule has 0 amide bonds. The van der Waals surface area contributed by atoms with Crippen molar-refractivity contribution in [3.8, 4) is 17.1 Å². The first-order valence-electron chi connectivity index (χ1n) is 7.04. The van der Waals surface area contributed by atoms with Crippen LogP contribution in [-0.2, 0) is 0 Å². The van der Waals surface area contributed by atoms with Crippen molar-refractivity contribution in [2.75, 3.05) is 31.4 Å². The molecule has 6 heteroatoms. The van der Waals surface area contributed by atoms with Crippen LogP contribution >= 0.6 is 0 Å². The van der Waals surface area contributed by atoms with E-state index in [4.69, 9.17) is 4.74 Å². The number of hydrogen-bond donors (Lipinski definition) is 1. The Hall–Kier alpha value is -2.37. The summed E-state index contributed by atoms with van der Waals surface area (Å²) in [7, 11) is 5.61. The standard InChI is InChI=1S/C15H19N5O/c1-16-14-17-13(18-15(19-14)20(2)3)10-5-4-6-12(9-10)21-11-7-8-11/h4-6,9,11H,7-8H2,1-3H3,(H,16,17,18,19). The van der Waals surface area contributed by atoms with E-state index < -0.39 is 0 Å². The first-order valence-corrected chi connectivity index (χ1v) is 7.04. The van der Waals surface area contributed by atoms with E-state index in [0.29, 0.717) is 23.8 Å². The summed E-state index contributed by atoms with van der Waals surface area (Å²) < 4.78 is 5.82. The van der Waals surface area contributed by atoms with Crippen LogP contribution in [-0.4, -0.2) is 42.2 Å². The summed E-state index contributed by atoms with van der Waals surface area (Å²) in [6, 6.07) is 7.89. The lowest BCUT2D eigenvalue weighted by atomic mass is 10.2. The molecule has 2 aromatic rings. The summed E-state index contributed by atoms with van der Waals surface area (Å²) in [5, 5.41) is 2.97. The molecule has 1 saturated carbocycles. The van der Waals surface area contributed by atoms with Crippen LogP contribution in [0.15, 0.2) is 24.3 Å². The quantitative estimate of drug-likeness (QED) is 0.908. The fourth-order valence-corrected chi connectivity index (χ4v) is 1.89. The maximum atomic E-state index is 5.82. The van der Waals surface area contributed by atoms with Gasteiger partial charge in [0, 0.05) is 26.7 Å². The molecule has 6 nitrogen and oxygen atoms in total. The molecule has 21 heavy (non-hydrogen) atoms. The summed E-state index contributed by atoms with van der Waals surface area (Å²) in [5.74, 6) is 2.68. The van der Waals surface area contributed by atoms with Crippen molar-refractivity contribution in [1.29, 1.82) is 0 Å². The number of nitrogens with zero attached hydrogens (tertiary/aromatic N) is 4. The van der Waals surface area contributed by atoms with Gasteiger partial charge in [-0.2, -0.15) is 15.0 Å². The second-order valence-electron chi connectivity index (χ2n) is 5.27. The minimum atomic E-state index is 0.379. The normalized spacial score (nSPS) is 13.9. The van der Waals surface area contributed by atoms with E-state index in [0.717, 1.165) is 24.2 Å².